The molecule has 60 valence electrons. The van der Waals surface area contributed by atoms with Crippen LogP contribution < -0.4 is 51.4 Å². The van der Waals surface area contributed by atoms with E-state index in [9.17, 15) is 4.57 Å². The van der Waals surface area contributed by atoms with Crippen LogP contribution >= 0.6 is 8.25 Å². The van der Waals surface area contributed by atoms with Crippen LogP contribution in [0.4, 0.5) is 0 Å². The summed E-state index contributed by atoms with van der Waals surface area (Å²) in [5, 5.41) is 1.43. The van der Waals surface area contributed by atoms with Crippen LogP contribution in [0.2, 0.25) is 0 Å². The minimum Gasteiger partial charge on any atom is -1.00 e. The molecule has 1 fully saturated rings. The van der Waals surface area contributed by atoms with E-state index in [1.54, 1.807) is 0 Å². The maximum absolute atomic E-state index is 10.1. The van der Waals surface area contributed by atoms with Crippen molar-refractivity contribution >= 4 is 8.25 Å². The van der Waals surface area contributed by atoms with Crippen molar-refractivity contribution in [3.63, 3.8) is 0 Å². The SMILES string of the molecule is O=[P+](O)ON1CCOCC1.[H-].[K+]. The molecule has 1 aliphatic heterocycles. The third-order valence-electron chi connectivity index (χ3n) is 1.16. The van der Waals surface area contributed by atoms with Crippen molar-refractivity contribution in [2.45, 2.75) is 0 Å². The Morgan fingerprint density at radius 2 is 2.09 bits per heavy atom. The molecular weight excluding hydrogens is 196 g/mol. The van der Waals surface area contributed by atoms with Crippen molar-refractivity contribution in [1.29, 1.82) is 0 Å². The van der Waals surface area contributed by atoms with E-state index < -0.39 is 8.25 Å². The van der Waals surface area contributed by atoms with Gasteiger partial charge >= 0.3 is 59.6 Å². The number of nitrogens with zero attached hydrogens (tertiary/aromatic N) is 1. The summed E-state index contributed by atoms with van der Waals surface area (Å²) in [6, 6.07) is 0. The number of hydroxylamine groups is 2. The molecule has 0 bridgehead atoms. The van der Waals surface area contributed by atoms with E-state index in [0.717, 1.165) is 0 Å². The largest absolute Gasteiger partial charge is 1.00 e. The molecule has 7 heteroatoms. The molecule has 1 heterocycles. The molecule has 0 radical (unpaired) electrons. The molecule has 11 heavy (non-hydrogen) atoms. The van der Waals surface area contributed by atoms with Gasteiger partial charge in [-0.05, 0) is 4.62 Å². The summed E-state index contributed by atoms with van der Waals surface area (Å²) in [5.41, 5.74) is 0. The van der Waals surface area contributed by atoms with Crippen LogP contribution in [0.5, 0.6) is 0 Å². The van der Waals surface area contributed by atoms with Gasteiger partial charge in [-0.2, -0.15) is 0 Å². The number of hydrogen-bond acceptors (Lipinski definition) is 4. The van der Waals surface area contributed by atoms with Gasteiger partial charge in [-0.25, -0.2) is 0 Å². The molecule has 0 aromatic heterocycles. The standard InChI is InChI=1S/C4H8NO4P.K.H/c6-10(7)9-5-1-3-8-4-2-5;;/h1-4H2;;/q;+1;-1/p+1. The average Bonchev–Trinajstić information content (AvgIpc) is 1.88. The van der Waals surface area contributed by atoms with E-state index in [1.165, 1.54) is 5.06 Å². The van der Waals surface area contributed by atoms with Crippen LogP contribution in [0.1, 0.15) is 1.43 Å². The van der Waals surface area contributed by atoms with Crippen LogP contribution in [-0.4, -0.2) is 36.3 Å². The van der Waals surface area contributed by atoms with Crippen molar-refractivity contribution in [2.24, 2.45) is 0 Å². The second kappa shape index (κ2) is 7.03. The van der Waals surface area contributed by atoms with Crippen LogP contribution in [0.25, 0.3) is 0 Å². The molecule has 1 N–H and O–H groups in total. The summed E-state index contributed by atoms with van der Waals surface area (Å²) in [4.78, 5) is 8.31. The van der Waals surface area contributed by atoms with E-state index in [0.29, 0.717) is 26.3 Å². The van der Waals surface area contributed by atoms with Crippen LogP contribution in [0.3, 0.4) is 0 Å². The van der Waals surface area contributed by atoms with Gasteiger partial charge in [-0.3, -0.25) is 0 Å². The fraction of sp³-hybridized carbons (Fsp3) is 1.00. The zero-order chi connectivity index (χ0) is 7.40. The maximum atomic E-state index is 10.1. The van der Waals surface area contributed by atoms with Crippen molar-refractivity contribution in [3.8, 4) is 0 Å². The first-order chi connectivity index (χ1) is 4.79. The summed E-state index contributed by atoms with van der Waals surface area (Å²) >= 11 is 0. The smallest absolute Gasteiger partial charge is 1.00 e. The first-order valence-electron chi connectivity index (χ1n) is 2.96. The van der Waals surface area contributed by atoms with Crippen molar-refractivity contribution < 1.29 is 71.6 Å². The van der Waals surface area contributed by atoms with Gasteiger partial charge < -0.3 is 6.16 Å². The predicted molar refractivity (Wildman–Crippen MR) is 34.4 cm³/mol. The van der Waals surface area contributed by atoms with Gasteiger partial charge in [0.05, 0.1) is 26.3 Å². The van der Waals surface area contributed by atoms with Gasteiger partial charge in [0.1, 0.15) is 0 Å². The summed E-state index contributed by atoms with van der Waals surface area (Å²) in [6.07, 6.45) is 0. The van der Waals surface area contributed by atoms with Crippen LogP contribution in [-0.2, 0) is 13.9 Å². The normalized spacial score (nSPS) is 20.6. The molecule has 0 saturated carbocycles. The van der Waals surface area contributed by atoms with Gasteiger partial charge in [0.15, 0.2) is 0 Å². The molecule has 0 aromatic rings. The minimum absolute atomic E-state index is 0. The van der Waals surface area contributed by atoms with Crippen molar-refractivity contribution in [1.82, 2.24) is 5.06 Å². The Morgan fingerprint density at radius 3 is 2.55 bits per heavy atom. The molecule has 0 amide bonds. The summed E-state index contributed by atoms with van der Waals surface area (Å²) in [5.74, 6) is 0. The average molecular weight is 206 g/mol. The van der Waals surface area contributed by atoms with Crippen molar-refractivity contribution in [3.05, 3.63) is 0 Å². The van der Waals surface area contributed by atoms with Gasteiger partial charge in [-0.15, -0.1) is 9.96 Å². The molecule has 0 spiro atoms. The second-order valence-corrected chi connectivity index (χ2v) is 2.50. The number of hydrogen-bond donors (Lipinski definition) is 1. The molecular formula is C4H10KNO4P+. The summed E-state index contributed by atoms with van der Waals surface area (Å²) in [7, 11) is -2.50. The molecule has 0 aliphatic carbocycles. The first-order valence-corrected chi connectivity index (χ1v) is 4.09. The Bertz CT molecular complexity index is 134. The topological polar surface area (TPSA) is 59.0 Å². The Labute approximate surface area is 110 Å². The third-order valence-corrected chi connectivity index (χ3v) is 1.53. The van der Waals surface area contributed by atoms with Crippen molar-refractivity contribution in [2.75, 3.05) is 26.3 Å². The van der Waals surface area contributed by atoms with Gasteiger partial charge in [0.25, 0.3) is 0 Å². The van der Waals surface area contributed by atoms with E-state index >= 15 is 0 Å². The molecule has 1 unspecified atom stereocenters. The third kappa shape index (κ3) is 5.76. The zero-order valence-corrected chi connectivity index (χ0v) is 10.4. The summed E-state index contributed by atoms with van der Waals surface area (Å²) in [6.45, 7) is 2.23. The first kappa shape index (κ1) is 12.6. The molecule has 1 atom stereocenters. The fourth-order valence-corrected chi connectivity index (χ4v) is 1.09. The predicted octanol–water partition coefficient (Wildman–Crippen LogP) is -2.98. The zero-order valence-electron chi connectivity index (χ0n) is 7.39. The van der Waals surface area contributed by atoms with Gasteiger partial charge in [0, 0.05) is 4.57 Å². The van der Waals surface area contributed by atoms with E-state index in [1.807, 2.05) is 0 Å². The van der Waals surface area contributed by atoms with Gasteiger partial charge in [0.2, 0.25) is 0 Å². The summed E-state index contributed by atoms with van der Waals surface area (Å²) < 4.78 is 19.6. The maximum Gasteiger partial charge on any atom is 1.00 e. The molecule has 1 aliphatic rings. The number of morpholine rings is 1. The molecule has 0 aromatic carbocycles. The number of rotatable bonds is 2. The molecule has 5 nitrogen and oxygen atoms in total. The Kier molecular flexibility index (Phi) is 8.03. The second-order valence-electron chi connectivity index (χ2n) is 1.86. The quantitative estimate of drug-likeness (QED) is 0.386. The van der Waals surface area contributed by atoms with Crippen LogP contribution in [0, 0.1) is 0 Å². The van der Waals surface area contributed by atoms with Crippen LogP contribution in [0.15, 0.2) is 0 Å². The van der Waals surface area contributed by atoms with E-state index in [4.69, 9.17) is 9.63 Å². The Balaban J connectivity index is 0. The number of ether oxygens (including phenoxy) is 1. The molecule has 1 rings (SSSR count). The minimum atomic E-state index is -2.50. The monoisotopic (exact) mass is 206 g/mol. The van der Waals surface area contributed by atoms with Gasteiger partial charge in [-0.1, -0.05) is 0 Å². The Morgan fingerprint density at radius 1 is 1.55 bits per heavy atom. The fourth-order valence-electron chi connectivity index (χ4n) is 0.727. The van der Waals surface area contributed by atoms with E-state index in [-0.39, 0.29) is 52.8 Å². The van der Waals surface area contributed by atoms with E-state index in [2.05, 4.69) is 4.62 Å². The Hall–Kier alpha value is 1.58. The molecule has 1 saturated heterocycles.